The third-order valence-electron chi connectivity index (χ3n) is 4.43. The number of nitrogens with two attached hydrogens (primary N) is 1. The van der Waals surface area contributed by atoms with Gasteiger partial charge in [0.15, 0.2) is 0 Å². The van der Waals surface area contributed by atoms with Gasteiger partial charge < -0.3 is 10.5 Å². The molecule has 3 rings (SSSR count). The second-order valence-electron chi connectivity index (χ2n) is 6.00. The SMILES string of the molecule is COc1ccc(C2CCSCC2)cc1CC1(N)CC1. The summed E-state index contributed by atoms with van der Waals surface area (Å²) in [5.41, 5.74) is 9.11. The van der Waals surface area contributed by atoms with Crippen molar-refractivity contribution < 1.29 is 4.74 Å². The molecule has 1 heterocycles. The lowest BCUT2D eigenvalue weighted by Gasteiger charge is -2.23. The van der Waals surface area contributed by atoms with Gasteiger partial charge in [-0.2, -0.15) is 11.8 Å². The molecule has 3 heteroatoms. The number of hydrogen-bond donors (Lipinski definition) is 1. The molecule has 1 aromatic carbocycles. The molecular weight excluding hydrogens is 254 g/mol. The van der Waals surface area contributed by atoms with E-state index in [4.69, 9.17) is 10.5 Å². The first-order valence-corrected chi connectivity index (χ1v) is 8.39. The molecule has 1 aliphatic heterocycles. The lowest BCUT2D eigenvalue weighted by molar-refractivity contribution is 0.407. The van der Waals surface area contributed by atoms with Gasteiger partial charge >= 0.3 is 0 Å². The zero-order valence-corrected chi connectivity index (χ0v) is 12.5. The lowest BCUT2D eigenvalue weighted by Crippen LogP contribution is -2.25. The first kappa shape index (κ1) is 13.3. The van der Waals surface area contributed by atoms with Crippen LogP contribution in [0.25, 0.3) is 0 Å². The zero-order valence-electron chi connectivity index (χ0n) is 11.7. The Bertz CT molecular complexity index is 450. The first-order valence-electron chi connectivity index (χ1n) is 7.24. The predicted octanol–water partition coefficient (Wildman–Crippen LogP) is 3.34. The maximum absolute atomic E-state index is 6.27. The van der Waals surface area contributed by atoms with Crippen LogP contribution in [0.2, 0.25) is 0 Å². The van der Waals surface area contributed by atoms with E-state index in [9.17, 15) is 0 Å². The maximum Gasteiger partial charge on any atom is 0.122 e. The van der Waals surface area contributed by atoms with Crippen LogP contribution in [0.15, 0.2) is 18.2 Å². The van der Waals surface area contributed by atoms with Crippen LogP contribution >= 0.6 is 11.8 Å². The van der Waals surface area contributed by atoms with E-state index in [2.05, 4.69) is 30.0 Å². The van der Waals surface area contributed by atoms with E-state index in [1.807, 2.05) is 0 Å². The minimum absolute atomic E-state index is 0.0499. The Morgan fingerprint density at radius 3 is 2.68 bits per heavy atom. The molecule has 2 aliphatic rings. The van der Waals surface area contributed by atoms with Crippen LogP contribution in [-0.4, -0.2) is 24.2 Å². The summed E-state index contributed by atoms with van der Waals surface area (Å²) in [4.78, 5) is 0. The summed E-state index contributed by atoms with van der Waals surface area (Å²) in [6.45, 7) is 0. The summed E-state index contributed by atoms with van der Waals surface area (Å²) < 4.78 is 5.50. The summed E-state index contributed by atoms with van der Waals surface area (Å²) in [5.74, 6) is 4.34. The topological polar surface area (TPSA) is 35.2 Å². The Kier molecular flexibility index (Phi) is 3.77. The molecule has 2 nitrogen and oxygen atoms in total. The fraction of sp³-hybridized carbons (Fsp3) is 0.625. The van der Waals surface area contributed by atoms with Crippen LogP contribution in [0.1, 0.15) is 42.7 Å². The van der Waals surface area contributed by atoms with Gasteiger partial charge in [0.1, 0.15) is 5.75 Å². The Hall–Kier alpha value is -0.670. The van der Waals surface area contributed by atoms with Crippen molar-refractivity contribution in [2.24, 2.45) is 5.73 Å². The normalized spacial score (nSPS) is 22.2. The number of benzene rings is 1. The highest BCUT2D eigenvalue weighted by atomic mass is 32.2. The summed E-state index contributed by atoms with van der Waals surface area (Å²) >= 11 is 2.08. The molecule has 2 N–H and O–H groups in total. The third-order valence-corrected chi connectivity index (χ3v) is 5.48. The number of ether oxygens (including phenoxy) is 1. The first-order chi connectivity index (χ1) is 9.20. The Balaban J connectivity index is 1.83. The van der Waals surface area contributed by atoms with Crippen molar-refractivity contribution in [2.45, 2.75) is 43.6 Å². The largest absolute Gasteiger partial charge is 0.496 e. The van der Waals surface area contributed by atoms with Crippen LogP contribution in [-0.2, 0) is 6.42 Å². The van der Waals surface area contributed by atoms with Gasteiger partial charge in [-0.3, -0.25) is 0 Å². The molecule has 1 aliphatic carbocycles. The van der Waals surface area contributed by atoms with E-state index >= 15 is 0 Å². The van der Waals surface area contributed by atoms with Crippen molar-refractivity contribution in [3.63, 3.8) is 0 Å². The molecule has 0 amide bonds. The minimum Gasteiger partial charge on any atom is -0.496 e. The Labute approximate surface area is 120 Å². The molecule has 0 aromatic heterocycles. The molecule has 104 valence electrons. The van der Waals surface area contributed by atoms with E-state index in [1.165, 1.54) is 35.5 Å². The van der Waals surface area contributed by atoms with E-state index in [0.717, 1.165) is 30.9 Å². The van der Waals surface area contributed by atoms with Gasteiger partial charge in [0.05, 0.1) is 7.11 Å². The molecule has 0 unspecified atom stereocenters. The van der Waals surface area contributed by atoms with Crippen molar-refractivity contribution in [2.75, 3.05) is 18.6 Å². The smallest absolute Gasteiger partial charge is 0.122 e. The van der Waals surface area contributed by atoms with Gasteiger partial charge in [-0.15, -0.1) is 0 Å². The highest BCUT2D eigenvalue weighted by molar-refractivity contribution is 7.99. The van der Waals surface area contributed by atoms with Crippen molar-refractivity contribution in [1.29, 1.82) is 0 Å². The lowest BCUT2D eigenvalue weighted by atomic mass is 9.90. The summed E-state index contributed by atoms with van der Waals surface area (Å²) in [7, 11) is 1.76. The molecule has 1 aromatic rings. The molecule has 0 bridgehead atoms. The van der Waals surface area contributed by atoms with Crippen molar-refractivity contribution in [1.82, 2.24) is 0 Å². The van der Waals surface area contributed by atoms with Gasteiger partial charge in [0, 0.05) is 5.54 Å². The standard InChI is InChI=1S/C16H23NOS/c1-18-15-3-2-13(12-4-8-19-9-5-12)10-14(15)11-16(17)6-7-16/h2-3,10,12H,4-9,11,17H2,1H3. The van der Waals surface area contributed by atoms with Crippen molar-refractivity contribution in [3.05, 3.63) is 29.3 Å². The van der Waals surface area contributed by atoms with Gasteiger partial charge in [0.25, 0.3) is 0 Å². The summed E-state index contributed by atoms with van der Waals surface area (Å²) in [6, 6.07) is 6.74. The number of thioether (sulfide) groups is 1. The van der Waals surface area contributed by atoms with E-state index in [1.54, 1.807) is 7.11 Å². The highest BCUT2D eigenvalue weighted by Crippen LogP contribution is 2.39. The monoisotopic (exact) mass is 277 g/mol. The van der Waals surface area contributed by atoms with Crippen molar-refractivity contribution >= 4 is 11.8 Å². The van der Waals surface area contributed by atoms with Crippen LogP contribution in [0.5, 0.6) is 5.75 Å². The Morgan fingerprint density at radius 2 is 2.05 bits per heavy atom. The summed E-state index contributed by atoms with van der Waals surface area (Å²) in [6.07, 6.45) is 5.89. The van der Waals surface area contributed by atoms with Crippen LogP contribution < -0.4 is 10.5 Å². The highest BCUT2D eigenvalue weighted by Gasteiger charge is 2.38. The molecular formula is C16H23NOS. The second kappa shape index (κ2) is 5.37. The molecule has 1 saturated carbocycles. The van der Waals surface area contributed by atoms with Crippen molar-refractivity contribution in [3.8, 4) is 5.75 Å². The van der Waals surface area contributed by atoms with Gasteiger partial charge in [0.2, 0.25) is 0 Å². The van der Waals surface area contributed by atoms with Gasteiger partial charge in [-0.1, -0.05) is 12.1 Å². The minimum atomic E-state index is 0.0499. The molecule has 0 spiro atoms. The third kappa shape index (κ3) is 3.09. The fourth-order valence-corrected chi connectivity index (χ4v) is 4.04. The molecule has 1 saturated heterocycles. The van der Waals surface area contributed by atoms with Gasteiger partial charge in [-0.05, 0) is 66.7 Å². The van der Waals surface area contributed by atoms with E-state index < -0.39 is 0 Å². The maximum atomic E-state index is 6.27. The number of rotatable bonds is 4. The second-order valence-corrected chi connectivity index (χ2v) is 7.22. The molecule has 2 fully saturated rings. The van der Waals surface area contributed by atoms with Crippen LogP contribution in [0.3, 0.4) is 0 Å². The van der Waals surface area contributed by atoms with Crippen LogP contribution in [0.4, 0.5) is 0 Å². The average molecular weight is 277 g/mol. The Morgan fingerprint density at radius 1 is 1.32 bits per heavy atom. The van der Waals surface area contributed by atoms with Crippen LogP contribution in [0, 0.1) is 0 Å². The van der Waals surface area contributed by atoms with E-state index in [-0.39, 0.29) is 5.54 Å². The quantitative estimate of drug-likeness (QED) is 0.917. The number of methoxy groups -OCH3 is 1. The molecule has 19 heavy (non-hydrogen) atoms. The predicted molar refractivity (Wildman–Crippen MR) is 82.2 cm³/mol. The average Bonchev–Trinajstić information content (AvgIpc) is 3.17. The summed E-state index contributed by atoms with van der Waals surface area (Å²) in [5, 5.41) is 0. The fourth-order valence-electron chi connectivity index (χ4n) is 2.94. The van der Waals surface area contributed by atoms with Gasteiger partial charge in [-0.25, -0.2) is 0 Å². The molecule has 0 radical (unpaired) electrons. The number of hydrogen-bond acceptors (Lipinski definition) is 3. The van der Waals surface area contributed by atoms with E-state index in [0.29, 0.717) is 0 Å². The molecule has 0 atom stereocenters. The zero-order chi connectivity index (χ0) is 13.3.